The van der Waals surface area contributed by atoms with Crippen molar-refractivity contribution in [2.45, 2.75) is 97.4 Å². The average Bonchev–Trinajstić information content (AvgIpc) is 3.33. The van der Waals surface area contributed by atoms with Crippen molar-refractivity contribution in [1.29, 1.82) is 0 Å². The molecule has 1 aliphatic rings. The molecule has 0 bridgehead atoms. The van der Waals surface area contributed by atoms with E-state index in [1.165, 1.54) is 81.1 Å². The molecule has 5 nitrogen and oxygen atoms in total. The number of hydrogen-bond donors (Lipinski definition) is 2. The van der Waals surface area contributed by atoms with Crippen LogP contribution in [0.1, 0.15) is 96.5 Å². The van der Waals surface area contributed by atoms with E-state index in [0.29, 0.717) is 17.3 Å². The number of carbonyl (C=O) groups excluding carboxylic acids is 1. The number of amides is 2. The van der Waals surface area contributed by atoms with E-state index in [1.54, 1.807) is 12.1 Å². The number of halogens is 2. The Balaban J connectivity index is 0.00000560. The normalized spacial score (nSPS) is 12.6. The summed E-state index contributed by atoms with van der Waals surface area (Å²) < 4.78 is 5.88. The molecule has 2 N–H and O–H groups in total. The van der Waals surface area contributed by atoms with Crippen molar-refractivity contribution in [1.82, 2.24) is 4.90 Å². The zero-order chi connectivity index (χ0) is 27.7. The second-order valence-electron chi connectivity index (χ2n) is 10.4. The van der Waals surface area contributed by atoms with Crippen LogP contribution in [0, 0.1) is 0 Å². The first-order valence-corrected chi connectivity index (χ1v) is 16.0. The van der Waals surface area contributed by atoms with Crippen molar-refractivity contribution < 1.29 is 9.53 Å². The summed E-state index contributed by atoms with van der Waals surface area (Å²) in [6, 6.07) is 13.0. The molecule has 0 spiro atoms. The zero-order valence-corrected chi connectivity index (χ0v) is 27.5. The largest absolute Gasteiger partial charge is 0.494 e. The van der Waals surface area contributed by atoms with Crippen molar-refractivity contribution in [3.63, 3.8) is 0 Å². The number of unbranched alkanes of at least 4 members (excludes halogenated alkanes) is 11. The fourth-order valence-electron chi connectivity index (χ4n) is 4.64. The van der Waals surface area contributed by atoms with Gasteiger partial charge in [0.25, 0.3) is 0 Å². The molecule has 0 atom stereocenters. The van der Waals surface area contributed by atoms with Crippen LogP contribution in [-0.2, 0) is 6.54 Å². The van der Waals surface area contributed by atoms with Crippen molar-refractivity contribution in [2.75, 3.05) is 23.1 Å². The van der Waals surface area contributed by atoms with Gasteiger partial charge in [0.2, 0.25) is 0 Å². The Labute approximate surface area is 261 Å². The molecule has 0 radical (unpaired) electrons. The predicted molar refractivity (Wildman–Crippen MR) is 179 cm³/mol. The smallest absolute Gasteiger partial charge is 0.323 e. The minimum Gasteiger partial charge on any atom is -0.494 e. The van der Waals surface area contributed by atoms with E-state index < -0.39 is 0 Å². The molecule has 222 valence electrons. The monoisotopic (exact) mass is 651 g/mol. The van der Waals surface area contributed by atoms with E-state index in [9.17, 15) is 4.79 Å². The Hall–Kier alpha value is -1.83. The zero-order valence-electron chi connectivity index (χ0n) is 24.2. The number of anilines is 2. The quantitative estimate of drug-likeness (QED) is 0.157. The Kier molecular flexibility index (Phi) is 17.3. The molecule has 0 saturated heterocycles. The number of nitrogens with one attached hydrogen (secondary N) is 2. The third kappa shape index (κ3) is 13.7. The van der Waals surface area contributed by atoms with Crippen LogP contribution < -0.4 is 15.4 Å². The van der Waals surface area contributed by atoms with Gasteiger partial charge in [-0.1, -0.05) is 101 Å². The standard InChI is InChI=1S/C32H46ClN3O2S.BrH/c1-3-4-5-6-7-8-9-10-11-12-13-14-21-38-29-19-20-31(30(33)22-29)35-32(37)34-28-17-15-27(16-18-28)24-36-23-26(2)39-25-36;/h15-20,22-23H,3-14,21,24-25H2,1-2H3,(H2,34,35,37);1H. The third-order valence-electron chi connectivity index (χ3n) is 6.88. The second kappa shape index (κ2) is 20.1. The molecule has 0 aliphatic carbocycles. The van der Waals surface area contributed by atoms with Gasteiger partial charge in [0, 0.05) is 24.5 Å². The van der Waals surface area contributed by atoms with Gasteiger partial charge in [0.1, 0.15) is 5.75 Å². The fourth-order valence-corrected chi connectivity index (χ4v) is 5.62. The summed E-state index contributed by atoms with van der Waals surface area (Å²) in [5.74, 6) is 1.71. The number of nitrogens with zero attached hydrogens (tertiary/aromatic N) is 1. The number of carbonyl (C=O) groups is 1. The Morgan fingerprint density at radius 2 is 1.52 bits per heavy atom. The van der Waals surface area contributed by atoms with Crippen molar-refractivity contribution in [3.05, 3.63) is 64.2 Å². The SMILES string of the molecule is Br.CCCCCCCCCCCCCCOc1ccc(NC(=O)Nc2ccc(CN3C=C(C)SC3)cc2)c(Cl)c1. The first-order valence-electron chi connectivity index (χ1n) is 14.7. The van der Waals surface area contributed by atoms with Crippen LogP contribution in [0.3, 0.4) is 0 Å². The number of benzene rings is 2. The highest BCUT2D eigenvalue weighted by Crippen LogP contribution is 2.28. The van der Waals surface area contributed by atoms with Crippen LogP contribution in [0.5, 0.6) is 5.75 Å². The van der Waals surface area contributed by atoms with Crippen LogP contribution in [0.4, 0.5) is 16.2 Å². The summed E-state index contributed by atoms with van der Waals surface area (Å²) in [6.07, 6.45) is 18.1. The minimum atomic E-state index is -0.329. The van der Waals surface area contributed by atoms with Crippen molar-refractivity contribution in [2.24, 2.45) is 0 Å². The van der Waals surface area contributed by atoms with E-state index in [4.69, 9.17) is 16.3 Å². The van der Waals surface area contributed by atoms with E-state index in [-0.39, 0.29) is 23.0 Å². The number of allylic oxidation sites excluding steroid dienone is 1. The van der Waals surface area contributed by atoms with Crippen LogP contribution in [0.25, 0.3) is 0 Å². The van der Waals surface area contributed by atoms with Gasteiger partial charge in [0.15, 0.2) is 0 Å². The average molecular weight is 653 g/mol. The summed E-state index contributed by atoms with van der Waals surface area (Å²) in [5, 5.41) is 6.15. The maximum Gasteiger partial charge on any atom is 0.323 e. The first kappa shape index (κ1) is 34.4. The molecule has 2 amide bonds. The number of rotatable bonds is 18. The molecule has 40 heavy (non-hydrogen) atoms. The molecule has 0 aromatic heterocycles. The molecule has 0 unspecified atom stereocenters. The molecule has 0 fully saturated rings. The summed E-state index contributed by atoms with van der Waals surface area (Å²) in [7, 11) is 0. The summed E-state index contributed by atoms with van der Waals surface area (Å²) in [4.78, 5) is 16.1. The van der Waals surface area contributed by atoms with Crippen LogP contribution in [-0.4, -0.2) is 23.4 Å². The van der Waals surface area contributed by atoms with Gasteiger partial charge in [-0.15, -0.1) is 28.7 Å². The summed E-state index contributed by atoms with van der Waals surface area (Å²) in [6.45, 7) is 5.94. The van der Waals surface area contributed by atoms with E-state index in [0.717, 1.165) is 30.3 Å². The summed E-state index contributed by atoms with van der Waals surface area (Å²) >= 11 is 8.27. The number of hydrogen-bond acceptors (Lipinski definition) is 4. The molecule has 3 rings (SSSR count). The first-order chi connectivity index (χ1) is 19.0. The number of thioether (sulfide) groups is 1. The molecular formula is C32H47BrClN3O2S. The van der Waals surface area contributed by atoms with Gasteiger partial charge in [-0.05, 0) is 48.1 Å². The van der Waals surface area contributed by atoms with E-state index in [2.05, 4.69) is 35.6 Å². The third-order valence-corrected chi connectivity index (χ3v) is 8.21. The van der Waals surface area contributed by atoms with Crippen LogP contribution >= 0.6 is 40.3 Å². The lowest BCUT2D eigenvalue weighted by Crippen LogP contribution is -2.19. The molecule has 2 aromatic rings. The van der Waals surface area contributed by atoms with E-state index >= 15 is 0 Å². The van der Waals surface area contributed by atoms with Crippen molar-refractivity contribution >= 4 is 57.8 Å². The Morgan fingerprint density at radius 1 is 0.900 bits per heavy atom. The van der Waals surface area contributed by atoms with Gasteiger partial charge < -0.3 is 20.3 Å². The molecule has 8 heteroatoms. The molecule has 2 aromatic carbocycles. The predicted octanol–water partition coefficient (Wildman–Crippen LogP) is 11.0. The van der Waals surface area contributed by atoms with Gasteiger partial charge in [-0.3, -0.25) is 0 Å². The Morgan fingerprint density at radius 3 is 2.10 bits per heavy atom. The van der Waals surface area contributed by atoms with Crippen LogP contribution in [0.2, 0.25) is 5.02 Å². The lowest BCUT2D eigenvalue weighted by molar-refractivity contribution is 0.262. The lowest BCUT2D eigenvalue weighted by Gasteiger charge is -2.15. The molecule has 0 saturated carbocycles. The maximum atomic E-state index is 12.5. The Bertz CT molecular complexity index is 1040. The minimum absolute atomic E-state index is 0. The highest BCUT2D eigenvalue weighted by Gasteiger charge is 2.11. The highest BCUT2D eigenvalue weighted by molar-refractivity contribution is 8.93. The molecule has 1 aliphatic heterocycles. The van der Waals surface area contributed by atoms with Crippen LogP contribution in [0.15, 0.2) is 53.6 Å². The number of ether oxygens (including phenoxy) is 1. The van der Waals surface area contributed by atoms with Gasteiger partial charge in [-0.2, -0.15) is 0 Å². The van der Waals surface area contributed by atoms with Gasteiger partial charge >= 0.3 is 6.03 Å². The van der Waals surface area contributed by atoms with Crippen molar-refractivity contribution in [3.8, 4) is 5.75 Å². The lowest BCUT2D eigenvalue weighted by atomic mass is 10.1. The molecular weight excluding hydrogens is 606 g/mol. The summed E-state index contributed by atoms with van der Waals surface area (Å²) in [5.41, 5.74) is 2.49. The van der Waals surface area contributed by atoms with E-state index in [1.807, 2.05) is 42.1 Å². The topological polar surface area (TPSA) is 53.6 Å². The fraction of sp³-hybridized carbons (Fsp3) is 0.531. The second-order valence-corrected chi connectivity index (χ2v) is 12.0. The molecule has 1 heterocycles. The number of urea groups is 1. The maximum absolute atomic E-state index is 12.5. The highest BCUT2D eigenvalue weighted by atomic mass is 79.9. The van der Waals surface area contributed by atoms with Gasteiger partial charge in [0.05, 0.1) is 23.2 Å². The van der Waals surface area contributed by atoms with Gasteiger partial charge in [-0.25, -0.2) is 4.79 Å².